The summed E-state index contributed by atoms with van der Waals surface area (Å²) in [5, 5.41) is 2.09. The van der Waals surface area contributed by atoms with Crippen molar-refractivity contribution in [2.24, 2.45) is 0 Å². The van der Waals surface area contributed by atoms with Crippen molar-refractivity contribution >= 4 is 21.9 Å². The van der Waals surface area contributed by atoms with Gasteiger partial charge in [-0.15, -0.1) is 0 Å². The van der Waals surface area contributed by atoms with Crippen LogP contribution in [0.1, 0.15) is 0 Å². The highest BCUT2D eigenvalue weighted by Crippen LogP contribution is 2.36. The molecule has 0 atom stereocenters. The van der Waals surface area contributed by atoms with Gasteiger partial charge in [-0.3, -0.25) is 9.97 Å². The van der Waals surface area contributed by atoms with E-state index >= 15 is 0 Å². The Bertz CT molecular complexity index is 2460. The van der Waals surface area contributed by atoms with Crippen molar-refractivity contribution in [2.75, 3.05) is 0 Å². The number of nitrogens with zero attached hydrogens (tertiary/aromatic N) is 4. The molecule has 49 heavy (non-hydrogen) atoms. The summed E-state index contributed by atoms with van der Waals surface area (Å²) in [6.07, 6.45) is 7.30. The minimum Gasteiger partial charge on any atom is -0.456 e. The Kier molecular flexibility index (Phi) is 7.06. The van der Waals surface area contributed by atoms with Gasteiger partial charge < -0.3 is 4.42 Å². The molecule has 0 saturated carbocycles. The van der Waals surface area contributed by atoms with Gasteiger partial charge in [0.2, 0.25) is 0 Å². The molecule has 5 aromatic carbocycles. The lowest BCUT2D eigenvalue weighted by Crippen LogP contribution is -1.96. The van der Waals surface area contributed by atoms with E-state index in [4.69, 9.17) is 14.4 Å². The van der Waals surface area contributed by atoms with Crippen LogP contribution in [0.5, 0.6) is 0 Å². The Morgan fingerprint density at radius 2 is 0.857 bits per heavy atom. The van der Waals surface area contributed by atoms with Crippen molar-refractivity contribution in [3.8, 4) is 67.3 Å². The van der Waals surface area contributed by atoms with Crippen molar-refractivity contribution in [1.29, 1.82) is 0 Å². The van der Waals surface area contributed by atoms with Crippen LogP contribution >= 0.6 is 0 Å². The normalized spacial score (nSPS) is 11.3. The predicted octanol–water partition coefficient (Wildman–Crippen LogP) is 11.2. The predicted molar refractivity (Wildman–Crippen MR) is 198 cm³/mol. The topological polar surface area (TPSA) is 64.7 Å². The molecular weight excluding hydrogens is 601 g/mol. The van der Waals surface area contributed by atoms with E-state index < -0.39 is 0 Å². The number of furan rings is 1. The number of pyridine rings is 2. The molecule has 0 fully saturated rings. The molecule has 4 heterocycles. The third-order valence-corrected chi connectivity index (χ3v) is 8.93. The summed E-state index contributed by atoms with van der Waals surface area (Å²) < 4.78 is 6.27. The largest absolute Gasteiger partial charge is 0.456 e. The maximum atomic E-state index is 6.27. The van der Waals surface area contributed by atoms with E-state index in [2.05, 4.69) is 119 Å². The molecule has 0 aliphatic heterocycles. The molecule has 9 rings (SSSR count). The third kappa shape index (κ3) is 5.53. The maximum absolute atomic E-state index is 6.27. The van der Waals surface area contributed by atoms with Gasteiger partial charge in [0.15, 0.2) is 5.82 Å². The van der Waals surface area contributed by atoms with Crippen LogP contribution in [0, 0.1) is 0 Å². The molecule has 0 unspecified atom stereocenters. The zero-order valence-electron chi connectivity index (χ0n) is 26.4. The van der Waals surface area contributed by atoms with Gasteiger partial charge in [-0.25, -0.2) is 9.97 Å². The molecule has 9 aromatic rings. The molecule has 4 aromatic heterocycles. The van der Waals surface area contributed by atoms with Crippen LogP contribution < -0.4 is 0 Å². The molecule has 0 amide bonds. The fourth-order valence-corrected chi connectivity index (χ4v) is 6.34. The highest BCUT2D eigenvalue weighted by atomic mass is 16.3. The number of hydrogen-bond donors (Lipinski definition) is 0. The Labute approximate surface area is 283 Å². The van der Waals surface area contributed by atoms with Crippen molar-refractivity contribution in [3.05, 3.63) is 170 Å². The Morgan fingerprint density at radius 3 is 1.49 bits per heavy atom. The van der Waals surface area contributed by atoms with E-state index in [0.29, 0.717) is 5.82 Å². The van der Waals surface area contributed by atoms with Gasteiger partial charge in [0, 0.05) is 52.3 Å². The van der Waals surface area contributed by atoms with Crippen LogP contribution in [0.15, 0.2) is 175 Å². The van der Waals surface area contributed by atoms with E-state index in [1.165, 1.54) is 5.56 Å². The summed E-state index contributed by atoms with van der Waals surface area (Å²) in [7, 11) is 0. The molecule has 230 valence electrons. The first-order valence-electron chi connectivity index (χ1n) is 16.2. The zero-order valence-corrected chi connectivity index (χ0v) is 26.4. The standard InChI is InChI=1S/C44H28N4O/c1-2-5-29(6-3-1)35-16-18-42-38(25-35)39-26-36(17-19-43(39)49-42)44-47-40(33-12-8-30(9-13-33)32-20-23-45-24-21-32)27-41(48-44)34-14-10-31(11-15-34)37-7-4-22-46-28-37/h1-28H. The van der Waals surface area contributed by atoms with Gasteiger partial charge >= 0.3 is 0 Å². The van der Waals surface area contributed by atoms with Gasteiger partial charge in [0.25, 0.3) is 0 Å². The van der Waals surface area contributed by atoms with E-state index in [0.717, 1.165) is 77.8 Å². The highest BCUT2D eigenvalue weighted by Gasteiger charge is 2.15. The zero-order chi connectivity index (χ0) is 32.6. The van der Waals surface area contributed by atoms with Gasteiger partial charge in [-0.05, 0) is 88.0 Å². The Hall–Kier alpha value is -6.72. The third-order valence-electron chi connectivity index (χ3n) is 8.93. The first kappa shape index (κ1) is 28.5. The average molecular weight is 629 g/mol. The Morgan fingerprint density at radius 1 is 0.347 bits per heavy atom. The molecule has 0 aliphatic rings. The minimum absolute atomic E-state index is 0.650. The van der Waals surface area contributed by atoms with E-state index in [-0.39, 0.29) is 0 Å². The molecule has 5 nitrogen and oxygen atoms in total. The molecule has 0 N–H and O–H groups in total. The van der Waals surface area contributed by atoms with Crippen LogP contribution in [0.4, 0.5) is 0 Å². The molecule has 0 spiro atoms. The minimum atomic E-state index is 0.650. The van der Waals surface area contributed by atoms with Gasteiger partial charge in [-0.2, -0.15) is 0 Å². The molecule has 0 aliphatic carbocycles. The second-order valence-electron chi connectivity index (χ2n) is 12.0. The Balaban J connectivity index is 1.16. The summed E-state index contributed by atoms with van der Waals surface area (Å²) in [5.41, 5.74) is 13.0. The number of benzene rings is 5. The lowest BCUT2D eigenvalue weighted by atomic mass is 10.0. The lowest BCUT2D eigenvalue weighted by molar-refractivity contribution is 0.669. The number of fused-ring (bicyclic) bond motifs is 3. The van der Waals surface area contributed by atoms with Gasteiger partial charge in [0.1, 0.15) is 11.2 Å². The number of rotatable bonds is 6. The molecular formula is C44H28N4O. The van der Waals surface area contributed by atoms with E-state index in [9.17, 15) is 0 Å². The fraction of sp³-hybridized carbons (Fsp3) is 0. The summed E-state index contributed by atoms with van der Waals surface area (Å²) >= 11 is 0. The summed E-state index contributed by atoms with van der Waals surface area (Å²) in [5.74, 6) is 0.650. The van der Waals surface area contributed by atoms with Crippen LogP contribution in [0.2, 0.25) is 0 Å². The first-order valence-corrected chi connectivity index (χ1v) is 16.2. The quantitative estimate of drug-likeness (QED) is 0.183. The van der Waals surface area contributed by atoms with Crippen molar-refractivity contribution < 1.29 is 4.42 Å². The monoisotopic (exact) mass is 628 g/mol. The molecule has 0 radical (unpaired) electrons. The molecule has 5 heteroatoms. The average Bonchev–Trinajstić information content (AvgIpc) is 3.56. The van der Waals surface area contributed by atoms with Crippen molar-refractivity contribution in [1.82, 2.24) is 19.9 Å². The van der Waals surface area contributed by atoms with Crippen LogP contribution in [-0.2, 0) is 0 Å². The summed E-state index contributed by atoms with van der Waals surface area (Å²) in [4.78, 5) is 18.7. The molecule has 0 saturated heterocycles. The highest BCUT2D eigenvalue weighted by molar-refractivity contribution is 6.07. The van der Waals surface area contributed by atoms with Gasteiger partial charge in [0.05, 0.1) is 11.4 Å². The fourth-order valence-electron chi connectivity index (χ4n) is 6.34. The maximum Gasteiger partial charge on any atom is 0.160 e. The lowest BCUT2D eigenvalue weighted by Gasteiger charge is -2.11. The summed E-state index contributed by atoms with van der Waals surface area (Å²) in [6, 6.07) is 50.1. The SMILES string of the molecule is c1ccc(-c2ccc3oc4ccc(-c5nc(-c6ccc(-c7ccncc7)cc6)cc(-c6ccc(-c7cccnc7)cc6)n5)cc4c3c2)cc1. The van der Waals surface area contributed by atoms with Crippen LogP contribution in [-0.4, -0.2) is 19.9 Å². The molecule has 0 bridgehead atoms. The van der Waals surface area contributed by atoms with E-state index in [1.54, 1.807) is 6.20 Å². The summed E-state index contributed by atoms with van der Waals surface area (Å²) in [6.45, 7) is 0. The second kappa shape index (κ2) is 12.1. The van der Waals surface area contributed by atoms with E-state index in [1.807, 2.05) is 55.0 Å². The van der Waals surface area contributed by atoms with Crippen molar-refractivity contribution in [2.45, 2.75) is 0 Å². The number of aromatic nitrogens is 4. The van der Waals surface area contributed by atoms with Crippen LogP contribution in [0.25, 0.3) is 89.2 Å². The smallest absolute Gasteiger partial charge is 0.160 e. The number of hydrogen-bond acceptors (Lipinski definition) is 5. The van der Waals surface area contributed by atoms with Gasteiger partial charge in [-0.1, -0.05) is 91.0 Å². The van der Waals surface area contributed by atoms with Crippen LogP contribution in [0.3, 0.4) is 0 Å². The second-order valence-corrected chi connectivity index (χ2v) is 12.0. The van der Waals surface area contributed by atoms with Crippen molar-refractivity contribution in [3.63, 3.8) is 0 Å². The first-order chi connectivity index (χ1) is 24.2.